The Balaban J connectivity index is 1.53. The van der Waals surface area contributed by atoms with Crippen LogP contribution in [0.5, 0.6) is 0 Å². The maximum absolute atomic E-state index is 13.0. The van der Waals surface area contributed by atoms with Crippen LogP contribution in [-0.4, -0.2) is 20.7 Å². The Hall–Kier alpha value is -2.12. The zero-order valence-corrected chi connectivity index (χ0v) is 17.7. The molecule has 1 aliphatic rings. The number of nitrogens with zero attached hydrogens (tertiary/aromatic N) is 2. The first-order valence-corrected chi connectivity index (χ1v) is 11.2. The van der Waals surface area contributed by atoms with Crippen molar-refractivity contribution in [1.82, 2.24) is 14.9 Å². The highest BCUT2D eigenvalue weighted by Gasteiger charge is 2.23. The molecule has 0 bridgehead atoms. The first kappa shape index (κ1) is 19.2. The van der Waals surface area contributed by atoms with Crippen LogP contribution in [0.1, 0.15) is 35.8 Å². The molecule has 3 aromatic rings. The number of benzene rings is 1. The van der Waals surface area contributed by atoms with Gasteiger partial charge in [-0.1, -0.05) is 42.1 Å². The molecule has 28 heavy (non-hydrogen) atoms. The van der Waals surface area contributed by atoms with Gasteiger partial charge in [-0.25, -0.2) is 4.98 Å². The summed E-state index contributed by atoms with van der Waals surface area (Å²) in [6, 6.07) is 9.82. The number of rotatable bonds is 5. The van der Waals surface area contributed by atoms with Crippen molar-refractivity contribution in [2.24, 2.45) is 7.05 Å². The van der Waals surface area contributed by atoms with Crippen molar-refractivity contribution >= 4 is 39.2 Å². The summed E-state index contributed by atoms with van der Waals surface area (Å²) in [5, 5.41) is 4.00. The molecule has 2 aromatic heterocycles. The molecule has 0 spiro atoms. The number of aromatic nitrogens is 2. The standard InChI is InChI=1S/C21H23N3O2S2/c1-13(18(25)22-12-14-8-4-3-5-9-14)27-21-23-19-17(20(26)24(21)2)15-10-6-7-11-16(15)28-19/h3-5,8-9,13H,6-7,10-12H2,1-2H3,(H,22,25)/t13-/m0/s1. The third-order valence-corrected chi connectivity index (χ3v) is 7.45. The van der Waals surface area contributed by atoms with E-state index in [0.717, 1.165) is 35.0 Å². The molecule has 0 fully saturated rings. The fourth-order valence-corrected chi connectivity index (χ4v) is 5.71. The highest BCUT2D eigenvalue weighted by Crippen LogP contribution is 2.34. The lowest BCUT2D eigenvalue weighted by atomic mass is 9.97. The molecule has 1 N–H and O–H groups in total. The Labute approximate surface area is 172 Å². The number of carbonyl (C=O) groups excluding carboxylic acids is 1. The van der Waals surface area contributed by atoms with Crippen LogP contribution in [0.3, 0.4) is 0 Å². The van der Waals surface area contributed by atoms with Crippen LogP contribution in [0.4, 0.5) is 0 Å². The first-order chi connectivity index (χ1) is 13.5. The molecule has 1 aliphatic carbocycles. The fraction of sp³-hybridized carbons (Fsp3) is 0.381. The van der Waals surface area contributed by atoms with Crippen LogP contribution in [-0.2, 0) is 31.2 Å². The molecular weight excluding hydrogens is 390 g/mol. The Morgan fingerprint density at radius 1 is 1.29 bits per heavy atom. The summed E-state index contributed by atoms with van der Waals surface area (Å²) in [5.74, 6) is -0.0614. The van der Waals surface area contributed by atoms with E-state index in [0.29, 0.717) is 11.7 Å². The number of hydrogen-bond acceptors (Lipinski definition) is 5. The normalized spacial score (nSPS) is 14.6. The van der Waals surface area contributed by atoms with E-state index in [1.165, 1.54) is 28.6 Å². The van der Waals surface area contributed by atoms with Crippen LogP contribution in [0.25, 0.3) is 10.2 Å². The molecule has 2 heterocycles. The van der Waals surface area contributed by atoms with Gasteiger partial charge in [0.05, 0.1) is 10.6 Å². The van der Waals surface area contributed by atoms with Crippen molar-refractivity contribution in [1.29, 1.82) is 0 Å². The minimum atomic E-state index is -0.339. The van der Waals surface area contributed by atoms with Crippen LogP contribution in [0.2, 0.25) is 0 Å². The van der Waals surface area contributed by atoms with E-state index in [9.17, 15) is 9.59 Å². The summed E-state index contributed by atoms with van der Waals surface area (Å²) >= 11 is 2.98. The molecule has 5 nitrogen and oxygen atoms in total. The number of fused-ring (bicyclic) bond motifs is 3. The molecular formula is C21H23N3O2S2. The number of hydrogen-bond donors (Lipinski definition) is 1. The van der Waals surface area contributed by atoms with Crippen molar-refractivity contribution < 1.29 is 4.79 Å². The van der Waals surface area contributed by atoms with Crippen molar-refractivity contribution in [3.8, 4) is 0 Å². The zero-order chi connectivity index (χ0) is 19.7. The van der Waals surface area contributed by atoms with E-state index < -0.39 is 0 Å². The molecule has 7 heteroatoms. The number of aryl methyl sites for hydroxylation is 2. The quantitative estimate of drug-likeness (QED) is 0.512. The molecule has 4 rings (SSSR count). The van der Waals surface area contributed by atoms with Crippen LogP contribution in [0.15, 0.2) is 40.3 Å². The first-order valence-electron chi connectivity index (χ1n) is 9.54. The molecule has 0 aliphatic heterocycles. The Morgan fingerprint density at radius 2 is 2.04 bits per heavy atom. The van der Waals surface area contributed by atoms with Gasteiger partial charge in [0.1, 0.15) is 4.83 Å². The Morgan fingerprint density at radius 3 is 2.82 bits per heavy atom. The summed E-state index contributed by atoms with van der Waals surface area (Å²) in [7, 11) is 1.75. The van der Waals surface area contributed by atoms with Gasteiger partial charge in [-0.05, 0) is 43.7 Å². The van der Waals surface area contributed by atoms with E-state index in [1.807, 2.05) is 37.3 Å². The highest BCUT2D eigenvalue weighted by atomic mass is 32.2. The van der Waals surface area contributed by atoms with E-state index in [2.05, 4.69) is 5.32 Å². The largest absolute Gasteiger partial charge is 0.351 e. The summed E-state index contributed by atoms with van der Waals surface area (Å²) in [6.07, 6.45) is 4.33. The maximum Gasteiger partial charge on any atom is 0.262 e. The maximum atomic E-state index is 13.0. The Bertz CT molecular complexity index is 1070. The van der Waals surface area contributed by atoms with Crippen molar-refractivity contribution in [2.75, 3.05) is 0 Å². The van der Waals surface area contributed by atoms with Gasteiger partial charge in [0, 0.05) is 18.5 Å². The second-order valence-electron chi connectivity index (χ2n) is 7.11. The molecule has 1 atom stereocenters. The zero-order valence-electron chi connectivity index (χ0n) is 16.0. The number of nitrogens with one attached hydrogen (secondary N) is 1. The average Bonchev–Trinajstić information content (AvgIpc) is 3.09. The third kappa shape index (κ3) is 3.73. The van der Waals surface area contributed by atoms with E-state index in [4.69, 9.17) is 4.98 Å². The molecule has 1 aromatic carbocycles. The predicted molar refractivity (Wildman–Crippen MR) is 115 cm³/mol. The van der Waals surface area contributed by atoms with Crippen molar-refractivity contribution in [2.45, 2.75) is 49.6 Å². The van der Waals surface area contributed by atoms with Gasteiger partial charge in [0.15, 0.2) is 5.16 Å². The molecule has 0 radical (unpaired) electrons. The van der Waals surface area contributed by atoms with Crippen LogP contribution in [0, 0.1) is 0 Å². The molecule has 1 amide bonds. The highest BCUT2D eigenvalue weighted by molar-refractivity contribution is 8.00. The van der Waals surface area contributed by atoms with Gasteiger partial charge in [-0.15, -0.1) is 11.3 Å². The fourth-order valence-electron chi connectivity index (χ4n) is 3.51. The van der Waals surface area contributed by atoms with Gasteiger partial charge < -0.3 is 5.32 Å². The summed E-state index contributed by atoms with van der Waals surface area (Å²) < 4.78 is 1.59. The van der Waals surface area contributed by atoms with E-state index >= 15 is 0 Å². The minimum Gasteiger partial charge on any atom is -0.351 e. The molecule has 146 valence electrons. The van der Waals surface area contributed by atoms with E-state index in [-0.39, 0.29) is 16.7 Å². The number of carbonyl (C=O) groups is 1. The van der Waals surface area contributed by atoms with Gasteiger partial charge in [0.25, 0.3) is 5.56 Å². The lowest BCUT2D eigenvalue weighted by molar-refractivity contribution is -0.120. The molecule has 0 saturated heterocycles. The van der Waals surface area contributed by atoms with Gasteiger partial charge in [-0.3, -0.25) is 14.2 Å². The van der Waals surface area contributed by atoms with Crippen molar-refractivity contribution in [3.63, 3.8) is 0 Å². The van der Waals surface area contributed by atoms with Crippen LogP contribution >= 0.6 is 23.1 Å². The number of thioether (sulfide) groups is 1. The Kier molecular flexibility index (Phi) is 5.55. The van der Waals surface area contributed by atoms with Gasteiger partial charge in [-0.2, -0.15) is 0 Å². The SMILES string of the molecule is C[C@H](Sc1nc2sc3c(c2c(=O)n1C)CCCC3)C(=O)NCc1ccccc1. The second kappa shape index (κ2) is 8.09. The minimum absolute atomic E-state index is 0.00351. The smallest absolute Gasteiger partial charge is 0.262 e. The summed E-state index contributed by atoms with van der Waals surface area (Å²) in [4.78, 5) is 32.3. The third-order valence-electron chi connectivity index (χ3n) is 5.12. The average molecular weight is 414 g/mol. The lowest BCUT2D eigenvalue weighted by Gasteiger charge is -2.14. The predicted octanol–water partition coefficient (Wildman–Crippen LogP) is 3.67. The summed E-state index contributed by atoms with van der Waals surface area (Å²) in [6.45, 7) is 2.34. The topological polar surface area (TPSA) is 64.0 Å². The van der Waals surface area contributed by atoms with Crippen LogP contribution < -0.4 is 10.9 Å². The van der Waals surface area contributed by atoms with Crippen molar-refractivity contribution in [3.05, 3.63) is 56.7 Å². The van der Waals surface area contributed by atoms with Gasteiger partial charge in [0.2, 0.25) is 5.91 Å². The van der Waals surface area contributed by atoms with Gasteiger partial charge >= 0.3 is 0 Å². The summed E-state index contributed by atoms with van der Waals surface area (Å²) in [5.41, 5.74) is 2.26. The monoisotopic (exact) mass is 413 g/mol. The number of thiophene rings is 1. The molecule has 0 unspecified atom stereocenters. The van der Waals surface area contributed by atoms with E-state index in [1.54, 1.807) is 23.0 Å². The number of amides is 1. The molecule has 0 saturated carbocycles. The second-order valence-corrected chi connectivity index (χ2v) is 9.50. The lowest BCUT2D eigenvalue weighted by Crippen LogP contribution is -2.31.